The van der Waals surface area contributed by atoms with Crippen molar-refractivity contribution in [1.29, 1.82) is 0 Å². The van der Waals surface area contributed by atoms with Crippen molar-refractivity contribution in [3.63, 3.8) is 0 Å². The number of fused-ring (bicyclic) bond motifs is 5. The lowest BCUT2D eigenvalue weighted by molar-refractivity contribution is 0.769. The zero-order valence-electron chi connectivity index (χ0n) is 27.9. The van der Waals surface area contributed by atoms with Crippen molar-refractivity contribution in [2.45, 2.75) is 5.41 Å². The van der Waals surface area contributed by atoms with Crippen LogP contribution in [0.4, 0.5) is 0 Å². The summed E-state index contributed by atoms with van der Waals surface area (Å²) in [5.41, 5.74) is 13.5. The van der Waals surface area contributed by atoms with Crippen LogP contribution in [-0.4, -0.2) is 9.97 Å². The first-order chi connectivity index (χ1) is 25.3. The quantitative estimate of drug-likeness (QED) is 0.186. The van der Waals surface area contributed by atoms with E-state index in [4.69, 9.17) is 9.97 Å². The van der Waals surface area contributed by atoms with Crippen LogP contribution in [0.2, 0.25) is 0 Å². The summed E-state index contributed by atoms with van der Waals surface area (Å²) in [4.78, 5) is 10.4. The molecule has 10 rings (SSSR count). The first kappa shape index (κ1) is 29.3. The second kappa shape index (κ2) is 11.8. The second-order valence-corrected chi connectivity index (χ2v) is 13.3. The summed E-state index contributed by atoms with van der Waals surface area (Å²) >= 11 is 0. The molecule has 2 heteroatoms. The monoisotopic (exact) mass is 648 g/mol. The zero-order chi connectivity index (χ0) is 33.8. The Morgan fingerprint density at radius 1 is 0.373 bits per heavy atom. The van der Waals surface area contributed by atoms with Gasteiger partial charge in [0, 0.05) is 16.5 Å². The summed E-state index contributed by atoms with van der Waals surface area (Å²) < 4.78 is 0. The normalized spacial score (nSPS) is 12.9. The minimum Gasteiger partial charge on any atom is -0.228 e. The van der Waals surface area contributed by atoms with Crippen molar-refractivity contribution in [3.8, 4) is 44.9 Å². The lowest BCUT2D eigenvalue weighted by Gasteiger charge is -2.34. The summed E-state index contributed by atoms with van der Waals surface area (Å²) in [5, 5.41) is 3.48. The van der Waals surface area contributed by atoms with Gasteiger partial charge < -0.3 is 0 Å². The van der Waals surface area contributed by atoms with E-state index in [2.05, 4.69) is 176 Å². The highest BCUT2D eigenvalue weighted by Gasteiger charge is 2.47. The molecule has 0 saturated heterocycles. The van der Waals surface area contributed by atoms with Crippen LogP contribution in [0.3, 0.4) is 0 Å². The van der Waals surface area contributed by atoms with E-state index in [-0.39, 0.29) is 0 Å². The Labute approximate surface area is 297 Å². The van der Waals surface area contributed by atoms with Crippen LogP contribution in [0.1, 0.15) is 22.3 Å². The second-order valence-electron chi connectivity index (χ2n) is 13.3. The molecule has 2 nitrogen and oxygen atoms in total. The molecular weight excluding hydrogens is 617 g/mol. The number of nitrogens with zero attached hydrogens (tertiary/aromatic N) is 2. The molecule has 238 valence electrons. The van der Waals surface area contributed by atoms with Gasteiger partial charge in [-0.3, -0.25) is 0 Å². The average Bonchev–Trinajstić information content (AvgIpc) is 3.51. The number of aromatic nitrogens is 2. The highest BCUT2D eigenvalue weighted by atomic mass is 14.9. The van der Waals surface area contributed by atoms with E-state index in [1.807, 2.05) is 18.2 Å². The van der Waals surface area contributed by atoms with E-state index in [1.54, 1.807) is 0 Å². The Morgan fingerprint density at radius 3 is 1.67 bits per heavy atom. The third-order valence-electron chi connectivity index (χ3n) is 10.5. The summed E-state index contributed by atoms with van der Waals surface area (Å²) in [6.45, 7) is 0. The van der Waals surface area contributed by atoms with Crippen LogP contribution in [0.25, 0.3) is 66.6 Å². The van der Waals surface area contributed by atoms with Gasteiger partial charge in [-0.15, -0.1) is 0 Å². The molecule has 1 aliphatic rings. The van der Waals surface area contributed by atoms with Crippen LogP contribution in [-0.2, 0) is 5.41 Å². The van der Waals surface area contributed by atoms with Gasteiger partial charge in [-0.2, -0.15) is 0 Å². The molecule has 8 aromatic carbocycles. The van der Waals surface area contributed by atoms with E-state index in [0.29, 0.717) is 0 Å². The van der Waals surface area contributed by atoms with Gasteiger partial charge in [-0.05, 0) is 73.5 Å². The van der Waals surface area contributed by atoms with Crippen molar-refractivity contribution in [1.82, 2.24) is 9.97 Å². The largest absolute Gasteiger partial charge is 0.228 e. The summed E-state index contributed by atoms with van der Waals surface area (Å²) in [6.07, 6.45) is 0. The maximum atomic E-state index is 5.24. The first-order valence-electron chi connectivity index (χ1n) is 17.5. The van der Waals surface area contributed by atoms with E-state index >= 15 is 0 Å². The maximum Gasteiger partial charge on any atom is 0.160 e. The standard InChI is InChI=1S/C49H32N2/c1-5-17-33(18-6-1)47-41-31-36(29-30-44(41)50-48(51-47)34-19-7-2-8-20-34)45-39-26-14-13-21-35(39)32-43-46(45)40-27-15-16-28-42(40)49(43,37-22-9-3-10-23-37)38-24-11-4-12-25-38/h1-32H. The van der Waals surface area contributed by atoms with Crippen molar-refractivity contribution in [2.75, 3.05) is 0 Å². The number of benzene rings is 8. The topological polar surface area (TPSA) is 25.8 Å². The van der Waals surface area contributed by atoms with E-state index < -0.39 is 5.41 Å². The molecule has 9 aromatic rings. The molecule has 51 heavy (non-hydrogen) atoms. The van der Waals surface area contributed by atoms with Crippen LogP contribution in [0, 0.1) is 0 Å². The Morgan fingerprint density at radius 2 is 0.961 bits per heavy atom. The van der Waals surface area contributed by atoms with Gasteiger partial charge in [0.05, 0.1) is 16.6 Å². The van der Waals surface area contributed by atoms with E-state index in [1.165, 1.54) is 49.7 Å². The lowest BCUT2D eigenvalue weighted by Crippen LogP contribution is -2.28. The van der Waals surface area contributed by atoms with E-state index in [9.17, 15) is 0 Å². The van der Waals surface area contributed by atoms with Crippen LogP contribution in [0.15, 0.2) is 194 Å². The van der Waals surface area contributed by atoms with Crippen molar-refractivity contribution < 1.29 is 0 Å². The van der Waals surface area contributed by atoms with Crippen molar-refractivity contribution >= 4 is 21.7 Å². The predicted molar refractivity (Wildman–Crippen MR) is 211 cm³/mol. The van der Waals surface area contributed by atoms with Gasteiger partial charge in [0.15, 0.2) is 5.82 Å². The minimum absolute atomic E-state index is 0.493. The van der Waals surface area contributed by atoms with Gasteiger partial charge in [0.25, 0.3) is 0 Å². The molecule has 1 aromatic heterocycles. The van der Waals surface area contributed by atoms with Crippen LogP contribution >= 0.6 is 0 Å². The molecule has 0 N–H and O–H groups in total. The Kier molecular flexibility index (Phi) is 6.75. The third kappa shape index (κ3) is 4.50. The predicted octanol–water partition coefficient (Wildman–Crippen LogP) is 12.1. The molecule has 0 amide bonds. The SMILES string of the molecule is c1ccc(-c2nc(-c3ccccc3)c3cc(-c4c5c(cc6ccccc46)C(c4ccccc4)(c4ccccc4)c4ccccc4-5)ccc3n2)cc1. The molecule has 0 aliphatic heterocycles. The Bertz CT molecular complexity index is 2680. The number of hydrogen-bond donors (Lipinski definition) is 0. The fourth-order valence-corrected chi connectivity index (χ4v) is 8.38. The fourth-order valence-electron chi connectivity index (χ4n) is 8.38. The Hall–Kier alpha value is -6.64. The molecule has 0 fully saturated rings. The average molecular weight is 649 g/mol. The van der Waals surface area contributed by atoms with Crippen molar-refractivity contribution in [2.24, 2.45) is 0 Å². The smallest absolute Gasteiger partial charge is 0.160 e. The molecule has 0 saturated carbocycles. The molecule has 1 aliphatic carbocycles. The molecular formula is C49H32N2. The maximum absolute atomic E-state index is 5.24. The van der Waals surface area contributed by atoms with Crippen molar-refractivity contribution in [3.05, 3.63) is 216 Å². The van der Waals surface area contributed by atoms with Gasteiger partial charge in [0.1, 0.15) is 0 Å². The van der Waals surface area contributed by atoms with E-state index in [0.717, 1.165) is 39.1 Å². The Balaban J connectivity index is 1.32. The van der Waals surface area contributed by atoms with Gasteiger partial charge >= 0.3 is 0 Å². The third-order valence-corrected chi connectivity index (χ3v) is 10.5. The lowest BCUT2D eigenvalue weighted by atomic mass is 9.67. The summed E-state index contributed by atoms with van der Waals surface area (Å²) in [6, 6.07) is 69.9. The number of hydrogen-bond acceptors (Lipinski definition) is 2. The molecule has 0 atom stereocenters. The van der Waals surface area contributed by atoms with Crippen LogP contribution in [0.5, 0.6) is 0 Å². The zero-order valence-corrected chi connectivity index (χ0v) is 27.9. The van der Waals surface area contributed by atoms with Gasteiger partial charge in [-0.25, -0.2) is 9.97 Å². The summed E-state index contributed by atoms with van der Waals surface area (Å²) in [5.74, 6) is 0.727. The molecule has 0 spiro atoms. The fraction of sp³-hybridized carbons (Fsp3) is 0.0204. The molecule has 0 radical (unpaired) electrons. The van der Waals surface area contributed by atoms with Crippen LogP contribution < -0.4 is 0 Å². The summed E-state index contributed by atoms with van der Waals surface area (Å²) in [7, 11) is 0. The first-order valence-corrected chi connectivity index (χ1v) is 17.5. The highest BCUT2D eigenvalue weighted by Crippen LogP contribution is 2.59. The molecule has 1 heterocycles. The minimum atomic E-state index is -0.493. The van der Waals surface area contributed by atoms with Gasteiger partial charge in [0.2, 0.25) is 0 Å². The highest BCUT2D eigenvalue weighted by molar-refractivity contribution is 6.10. The molecule has 0 bridgehead atoms. The number of rotatable bonds is 5. The van der Waals surface area contributed by atoms with Gasteiger partial charge in [-0.1, -0.05) is 176 Å². The molecule has 0 unspecified atom stereocenters.